The van der Waals surface area contributed by atoms with E-state index in [4.69, 9.17) is 4.74 Å². The highest BCUT2D eigenvalue weighted by Gasteiger charge is 2.35. The van der Waals surface area contributed by atoms with Gasteiger partial charge in [-0.1, -0.05) is 6.07 Å². The molecule has 1 aromatic heterocycles. The van der Waals surface area contributed by atoms with E-state index in [2.05, 4.69) is 26.3 Å². The number of carbonyl (C=O) groups excluding carboxylic acids is 2. The number of esters is 1. The standard InChI is InChI=1S/C27H28FN5O4/c1-3-37-27(36)16-10-17(11-16)30-13-15-4-5-19-22(9-15)33-26(35)24-20(6-7-29-25(24)32-19)31-21-12-23(34)14(2)8-18(21)28/h4-9,12,16-17,30,34H,3,10-11,13H2,1-2H3,(H,33,35)(H2,29,31,32)/t16-,17+. The molecule has 0 saturated heterocycles. The summed E-state index contributed by atoms with van der Waals surface area (Å²) in [5.74, 6) is -0.873. The molecule has 192 valence electrons. The number of pyridine rings is 1. The van der Waals surface area contributed by atoms with E-state index in [1.54, 1.807) is 19.9 Å². The van der Waals surface area contributed by atoms with Gasteiger partial charge in [0.1, 0.15) is 22.9 Å². The number of hydrogen-bond donors (Lipinski definition) is 5. The number of ether oxygens (including phenoxy) is 1. The monoisotopic (exact) mass is 505 g/mol. The van der Waals surface area contributed by atoms with Gasteiger partial charge < -0.3 is 31.1 Å². The van der Waals surface area contributed by atoms with Gasteiger partial charge in [0.25, 0.3) is 5.91 Å². The first-order valence-corrected chi connectivity index (χ1v) is 12.2. The van der Waals surface area contributed by atoms with Crippen LogP contribution < -0.4 is 21.3 Å². The van der Waals surface area contributed by atoms with Crippen molar-refractivity contribution in [1.29, 1.82) is 0 Å². The molecular formula is C27H28FN5O4. The van der Waals surface area contributed by atoms with Gasteiger partial charge in [0.2, 0.25) is 0 Å². The van der Waals surface area contributed by atoms with Crippen LogP contribution in [0.25, 0.3) is 0 Å². The minimum absolute atomic E-state index is 0.0422. The van der Waals surface area contributed by atoms with Crippen molar-refractivity contribution in [3.8, 4) is 5.75 Å². The molecule has 5 N–H and O–H groups in total. The minimum atomic E-state index is -0.552. The van der Waals surface area contributed by atoms with E-state index < -0.39 is 11.7 Å². The molecule has 0 spiro atoms. The molecule has 10 heteroatoms. The normalized spacial score (nSPS) is 17.9. The highest BCUT2D eigenvalue weighted by molar-refractivity contribution is 6.15. The van der Waals surface area contributed by atoms with Crippen molar-refractivity contribution in [1.82, 2.24) is 10.3 Å². The van der Waals surface area contributed by atoms with Crippen LogP contribution in [0.3, 0.4) is 0 Å². The number of aryl methyl sites for hydroxylation is 1. The summed E-state index contributed by atoms with van der Waals surface area (Å²) >= 11 is 0. The molecule has 0 radical (unpaired) electrons. The van der Waals surface area contributed by atoms with E-state index in [1.165, 1.54) is 18.3 Å². The largest absolute Gasteiger partial charge is 0.508 e. The van der Waals surface area contributed by atoms with Crippen LogP contribution in [0.2, 0.25) is 0 Å². The Labute approximate surface area is 213 Å². The quantitative estimate of drug-likeness (QED) is 0.292. The second kappa shape index (κ2) is 10.1. The molecule has 37 heavy (non-hydrogen) atoms. The molecule has 1 aliphatic carbocycles. The number of phenolic OH excluding ortho intramolecular Hbond substituents is 1. The summed E-state index contributed by atoms with van der Waals surface area (Å²) in [6.45, 7) is 4.38. The van der Waals surface area contributed by atoms with Gasteiger partial charge in [-0.3, -0.25) is 9.59 Å². The Kier molecular flexibility index (Phi) is 6.66. The molecule has 9 nitrogen and oxygen atoms in total. The van der Waals surface area contributed by atoms with Crippen LogP contribution in [-0.2, 0) is 16.1 Å². The van der Waals surface area contributed by atoms with Gasteiger partial charge in [0.05, 0.1) is 35.3 Å². The number of aromatic nitrogens is 1. The summed E-state index contributed by atoms with van der Waals surface area (Å²) in [7, 11) is 0. The van der Waals surface area contributed by atoms with Gasteiger partial charge in [-0.05, 0) is 62.1 Å². The Morgan fingerprint density at radius 3 is 2.76 bits per heavy atom. The SMILES string of the molecule is CCOC(=O)[C@H]1C[C@@H](NCc2ccc3c(c2)NC(=O)c2c(Nc4cc(O)c(C)cc4F)ccnc2N3)C1. The lowest BCUT2D eigenvalue weighted by molar-refractivity contribution is -0.151. The summed E-state index contributed by atoms with van der Waals surface area (Å²) in [5, 5.41) is 22.5. The van der Waals surface area contributed by atoms with E-state index in [-0.39, 0.29) is 34.9 Å². The van der Waals surface area contributed by atoms with Crippen molar-refractivity contribution in [3.63, 3.8) is 0 Å². The Hall–Kier alpha value is -4.18. The number of amides is 1. The number of aromatic hydroxyl groups is 1. The average Bonchev–Trinajstić information content (AvgIpc) is 2.97. The van der Waals surface area contributed by atoms with Crippen LogP contribution in [0.5, 0.6) is 5.75 Å². The molecular weight excluding hydrogens is 477 g/mol. The fraction of sp³-hybridized carbons (Fsp3) is 0.296. The molecule has 3 aromatic rings. The molecule has 1 aliphatic heterocycles. The maximum Gasteiger partial charge on any atom is 0.309 e. The van der Waals surface area contributed by atoms with E-state index in [0.717, 1.165) is 18.4 Å². The van der Waals surface area contributed by atoms with Crippen LogP contribution >= 0.6 is 0 Å². The molecule has 2 aliphatic rings. The molecule has 0 atom stereocenters. The fourth-order valence-corrected chi connectivity index (χ4v) is 4.52. The Bertz CT molecular complexity index is 1370. The molecule has 0 bridgehead atoms. The van der Waals surface area contributed by atoms with Gasteiger partial charge in [-0.2, -0.15) is 0 Å². The van der Waals surface area contributed by atoms with Crippen molar-refractivity contribution in [2.75, 3.05) is 22.6 Å². The van der Waals surface area contributed by atoms with E-state index >= 15 is 0 Å². The highest BCUT2D eigenvalue weighted by atomic mass is 19.1. The van der Waals surface area contributed by atoms with Crippen LogP contribution in [0.15, 0.2) is 42.6 Å². The Morgan fingerprint density at radius 2 is 1.97 bits per heavy atom. The number of benzene rings is 2. The number of anilines is 5. The second-order valence-electron chi connectivity index (χ2n) is 9.28. The van der Waals surface area contributed by atoms with Gasteiger partial charge in [-0.25, -0.2) is 9.37 Å². The number of nitrogens with zero attached hydrogens (tertiary/aromatic N) is 1. The Morgan fingerprint density at radius 1 is 1.16 bits per heavy atom. The number of nitrogens with one attached hydrogen (secondary N) is 4. The second-order valence-corrected chi connectivity index (χ2v) is 9.28. The van der Waals surface area contributed by atoms with Crippen LogP contribution in [0, 0.1) is 18.7 Å². The molecule has 1 amide bonds. The third kappa shape index (κ3) is 5.05. The van der Waals surface area contributed by atoms with Crippen molar-refractivity contribution in [2.24, 2.45) is 5.92 Å². The number of phenols is 1. The smallest absolute Gasteiger partial charge is 0.309 e. The summed E-state index contributed by atoms with van der Waals surface area (Å²) in [6, 6.07) is 10.0. The third-order valence-corrected chi connectivity index (χ3v) is 6.67. The summed E-state index contributed by atoms with van der Waals surface area (Å²) in [6.07, 6.45) is 3.01. The maximum absolute atomic E-state index is 14.5. The molecule has 0 unspecified atom stereocenters. The minimum Gasteiger partial charge on any atom is -0.508 e. The average molecular weight is 506 g/mol. The molecule has 5 rings (SSSR count). The fourth-order valence-electron chi connectivity index (χ4n) is 4.52. The van der Waals surface area contributed by atoms with E-state index in [1.807, 2.05) is 18.2 Å². The van der Waals surface area contributed by atoms with Gasteiger partial charge in [0, 0.05) is 24.8 Å². The van der Waals surface area contributed by atoms with Crippen molar-refractivity contribution < 1.29 is 23.8 Å². The Balaban J connectivity index is 1.30. The number of carbonyl (C=O) groups is 2. The zero-order valence-electron chi connectivity index (χ0n) is 20.5. The maximum atomic E-state index is 14.5. The number of halogens is 1. The van der Waals surface area contributed by atoms with Crippen LogP contribution in [-0.4, -0.2) is 34.6 Å². The zero-order chi connectivity index (χ0) is 26.1. The number of hydrogen-bond acceptors (Lipinski definition) is 8. The lowest BCUT2D eigenvalue weighted by Crippen LogP contribution is -2.44. The van der Waals surface area contributed by atoms with Gasteiger partial charge in [-0.15, -0.1) is 0 Å². The first kappa shape index (κ1) is 24.5. The molecule has 2 aromatic carbocycles. The zero-order valence-corrected chi connectivity index (χ0v) is 20.5. The van der Waals surface area contributed by atoms with Crippen molar-refractivity contribution >= 4 is 40.4 Å². The topological polar surface area (TPSA) is 125 Å². The third-order valence-electron chi connectivity index (χ3n) is 6.67. The van der Waals surface area contributed by atoms with E-state index in [0.29, 0.717) is 41.6 Å². The summed E-state index contributed by atoms with van der Waals surface area (Å²) < 4.78 is 19.6. The predicted octanol–water partition coefficient (Wildman–Crippen LogP) is 4.72. The molecule has 1 saturated carbocycles. The highest BCUT2D eigenvalue weighted by Crippen LogP contribution is 2.36. The number of fused-ring (bicyclic) bond motifs is 2. The van der Waals surface area contributed by atoms with Gasteiger partial charge >= 0.3 is 5.97 Å². The van der Waals surface area contributed by atoms with Crippen LogP contribution in [0.1, 0.15) is 41.3 Å². The van der Waals surface area contributed by atoms with Crippen molar-refractivity contribution in [3.05, 3.63) is 65.1 Å². The lowest BCUT2D eigenvalue weighted by Gasteiger charge is -2.34. The van der Waals surface area contributed by atoms with Gasteiger partial charge in [0.15, 0.2) is 0 Å². The predicted molar refractivity (Wildman–Crippen MR) is 138 cm³/mol. The summed E-state index contributed by atoms with van der Waals surface area (Å²) in [5.41, 5.74) is 3.24. The van der Waals surface area contributed by atoms with Crippen molar-refractivity contribution in [2.45, 2.75) is 39.3 Å². The molecule has 2 heterocycles. The number of rotatable bonds is 7. The van der Waals surface area contributed by atoms with E-state index in [9.17, 15) is 19.1 Å². The lowest BCUT2D eigenvalue weighted by atomic mass is 9.80. The first-order valence-electron chi connectivity index (χ1n) is 12.2. The molecule has 1 fully saturated rings. The first-order chi connectivity index (χ1) is 17.8. The van der Waals surface area contributed by atoms with Crippen LogP contribution in [0.4, 0.5) is 33.0 Å². The summed E-state index contributed by atoms with van der Waals surface area (Å²) in [4.78, 5) is 29.3.